The molecule has 0 N–H and O–H groups in total. The minimum atomic E-state index is 0.116. The van der Waals surface area contributed by atoms with Gasteiger partial charge < -0.3 is 0 Å². The lowest BCUT2D eigenvalue weighted by Gasteiger charge is -1.95. The minimum Gasteiger partial charge on any atom is -0.253 e. The van der Waals surface area contributed by atoms with Crippen LogP contribution in [0.25, 0.3) is 0 Å². The van der Waals surface area contributed by atoms with E-state index in [1.54, 1.807) is 23.0 Å². The number of nitrogens with zero attached hydrogens (tertiary/aromatic N) is 2. The number of thiocarbonyl (C=S) groups is 1. The zero-order valence-electron chi connectivity index (χ0n) is 5.44. The molecule has 0 bridgehead atoms. The number of isothiocyanates is 1. The van der Waals surface area contributed by atoms with Crippen LogP contribution >= 0.6 is 23.6 Å². The average molecular weight is 170 g/mol. The molecule has 10 heavy (non-hydrogen) atoms. The van der Waals surface area contributed by atoms with Crippen LogP contribution in [0.1, 0.15) is 17.8 Å². The predicted molar refractivity (Wildman–Crippen MR) is 45.6 cm³/mol. The molecule has 0 aliphatic rings. The molecule has 0 spiro atoms. The monoisotopic (exact) mass is 170 g/mol. The number of thiazole rings is 1. The molecule has 0 aliphatic heterocycles. The summed E-state index contributed by atoms with van der Waals surface area (Å²) in [5.41, 5.74) is 1.78. The van der Waals surface area contributed by atoms with Crippen molar-refractivity contribution in [2.45, 2.75) is 13.0 Å². The Morgan fingerprint density at radius 3 is 3.20 bits per heavy atom. The number of aliphatic imine (C=N–C) groups is 1. The van der Waals surface area contributed by atoms with Gasteiger partial charge in [0, 0.05) is 11.1 Å². The SMILES string of the molecule is C[C@@H](N=C=S)c1cncs1. The van der Waals surface area contributed by atoms with Crippen LogP contribution in [0.2, 0.25) is 0 Å². The molecule has 0 saturated heterocycles. The first-order valence-corrected chi connectivity index (χ1v) is 4.08. The fourth-order valence-corrected chi connectivity index (χ4v) is 1.35. The molecule has 2 nitrogen and oxygen atoms in total. The third kappa shape index (κ3) is 1.70. The van der Waals surface area contributed by atoms with Gasteiger partial charge in [0.1, 0.15) is 0 Å². The lowest BCUT2D eigenvalue weighted by molar-refractivity contribution is 0.845. The fraction of sp³-hybridized carbons (Fsp3) is 0.333. The quantitative estimate of drug-likeness (QED) is 0.502. The zero-order chi connectivity index (χ0) is 7.40. The van der Waals surface area contributed by atoms with Crippen molar-refractivity contribution in [1.29, 1.82) is 0 Å². The Morgan fingerprint density at radius 2 is 2.70 bits per heavy atom. The van der Waals surface area contributed by atoms with Gasteiger partial charge in [0.15, 0.2) is 0 Å². The summed E-state index contributed by atoms with van der Waals surface area (Å²) < 4.78 is 0. The zero-order valence-corrected chi connectivity index (χ0v) is 7.08. The standard InChI is InChI=1S/C6H6N2S2/c1-5(8-3-9)6-2-7-4-10-6/h2,4-5H,1H3/t5-/m1/s1. The third-order valence-electron chi connectivity index (χ3n) is 1.11. The molecule has 0 radical (unpaired) electrons. The van der Waals surface area contributed by atoms with Crippen LogP contribution < -0.4 is 0 Å². The maximum absolute atomic E-state index is 4.47. The van der Waals surface area contributed by atoms with E-state index in [0.29, 0.717) is 0 Å². The first kappa shape index (κ1) is 7.54. The summed E-state index contributed by atoms with van der Waals surface area (Å²) in [4.78, 5) is 8.95. The van der Waals surface area contributed by atoms with E-state index >= 15 is 0 Å². The van der Waals surface area contributed by atoms with Crippen LogP contribution in [-0.2, 0) is 0 Å². The highest BCUT2D eigenvalue weighted by Gasteiger charge is 2.02. The van der Waals surface area contributed by atoms with Crippen molar-refractivity contribution in [2.24, 2.45) is 4.99 Å². The van der Waals surface area contributed by atoms with E-state index in [2.05, 4.69) is 27.4 Å². The van der Waals surface area contributed by atoms with Crippen molar-refractivity contribution >= 4 is 28.7 Å². The Balaban J connectivity index is 2.76. The van der Waals surface area contributed by atoms with Gasteiger partial charge >= 0.3 is 0 Å². The van der Waals surface area contributed by atoms with Gasteiger partial charge in [-0.15, -0.1) is 11.3 Å². The van der Waals surface area contributed by atoms with E-state index in [9.17, 15) is 0 Å². The largest absolute Gasteiger partial charge is 0.253 e. The van der Waals surface area contributed by atoms with E-state index in [-0.39, 0.29) is 6.04 Å². The summed E-state index contributed by atoms with van der Waals surface area (Å²) in [7, 11) is 0. The van der Waals surface area contributed by atoms with Crippen LogP contribution in [0, 0.1) is 0 Å². The number of hydrogen-bond acceptors (Lipinski definition) is 4. The molecule has 1 aromatic heterocycles. The second-order valence-corrected chi connectivity index (χ2v) is 2.90. The summed E-state index contributed by atoms with van der Waals surface area (Å²) in [6.45, 7) is 1.97. The van der Waals surface area contributed by atoms with Gasteiger partial charge in [-0.25, -0.2) is 4.99 Å². The Hall–Kier alpha value is -0.570. The van der Waals surface area contributed by atoms with Crippen LogP contribution in [0.15, 0.2) is 16.7 Å². The molecule has 0 unspecified atom stereocenters. The predicted octanol–water partition coefficient (Wildman–Crippen LogP) is 2.31. The highest BCUT2D eigenvalue weighted by Crippen LogP contribution is 2.18. The van der Waals surface area contributed by atoms with E-state index in [0.717, 1.165) is 4.88 Å². The van der Waals surface area contributed by atoms with Gasteiger partial charge in [-0.1, -0.05) is 0 Å². The summed E-state index contributed by atoms with van der Waals surface area (Å²) in [6.07, 6.45) is 1.80. The second-order valence-electron chi connectivity index (χ2n) is 1.80. The van der Waals surface area contributed by atoms with Crippen molar-refractivity contribution in [3.05, 3.63) is 16.6 Å². The van der Waals surface area contributed by atoms with Crippen LogP contribution in [0.4, 0.5) is 0 Å². The number of hydrogen-bond donors (Lipinski definition) is 0. The van der Waals surface area contributed by atoms with E-state index in [4.69, 9.17) is 0 Å². The van der Waals surface area contributed by atoms with E-state index in [1.165, 1.54) is 0 Å². The number of rotatable bonds is 2. The molecule has 0 aromatic carbocycles. The molecule has 0 aliphatic carbocycles. The first-order valence-electron chi connectivity index (χ1n) is 2.80. The number of aromatic nitrogens is 1. The van der Waals surface area contributed by atoms with Crippen molar-refractivity contribution < 1.29 is 0 Å². The Labute approximate surface area is 68.6 Å². The van der Waals surface area contributed by atoms with Crippen LogP contribution in [0.5, 0.6) is 0 Å². The lowest BCUT2D eigenvalue weighted by Crippen LogP contribution is -1.81. The van der Waals surface area contributed by atoms with Gasteiger partial charge in [0.25, 0.3) is 0 Å². The molecule has 1 heterocycles. The fourth-order valence-electron chi connectivity index (χ4n) is 0.575. The third-order valence-corrected chi connectivity index (χ3v) is 2.16. The molecular weight excluding hydrogens is 164 g/mol. The summed E-state index contributed by atoms with van der Waals surface area (Å²) in [5, 5.41) is 2.34. The highest BCUT2D eigenvalue weighted by molar-refractivity contribution is 7.78. The first-order chi connectivity index (χ1) is 4.84. The Morgan fingerprint density at radius 1 is 1.90 bits per heavy atom. The van der Waals surface area contributed by atoms with Gasteiger partial charge in [-0.05, 0) is 19.1 Å². The lowest BCUT2D eigenvalue weighted by atomic mass is 10.3. The van der Waals surface area contributed by atoms with Crippen molar-refractivity contribution in [3.8, 4) is 0 Å². The Kier molecular flexibility index (Phi) is 2.68. The molecule has 4 heteroatoms. The van der Waals surface area contributed by atoms with Gasteiger partial charge in [-0.2, -0.15) is 0 Å². The van der Waals surface area contributed by atoms with Gasteiger partial charge in [0.2, 0.25) is 0 Å². The maximum Gasteiger partial charge on any atom is 0.0931 e. The van der Waals surface area contributed by atoms with Crippen molar-refractivity contribution in [2.75, 3.05) is 0 Å². The smallest absolute Gasteiger partial charge is 0.0931 e. The van der Waals surface area contributed by atoms with Crippen molar-refractivity contribution in [1.82, 2.24) is 4.98 Å². The van der Waals surface area contributed by atoms with Gasteiger partial charge in [0.05, 0.1) is 16.7 Å². The van der Waals surface area contributed by atoms with Crippen LogP contribution in [0.3, 0.4) is 0 Å². The second kappa shape index (κ2) is 3.56. The van der Waals surface area contributed by atoms with E-state index in [1.807, 2.05) is 6.92 Å². The van der Waals surface area contributed by atoms with E-state index < -0.39 is 0 Å². The topological polar surface area (TPSA) is 25.2 Å². The maximum atomic E-state index is 4.47. The highest BCUT2D eigenvalue weighted by atomic mass is 32.1. The summed E-state index contributed by atoms with van der Waals surface area (Å²) in [6, 6.07) is 0.116. The summed E-state index contributed by atoms with van der Waals surface area (Å²) in [5.74, 6) is 0. The molecular formula is C6H6N2S2. The average Bonchev–Trinajstić information content (AvgIpc) is 2.38. The van der Waals surface area contributed by atoms with Crippen molar-refractivity contribution in [3.63, 3.8) is 0 Å². The normalized spacial score (nSPS) is 12.1. The molecule has 52 valence electrons. The Bertz CT molecular complexity index is 236. The van der Waals surface area contributed by atoms with Crippen LogP contribution in [-0.4, -0.2) is 10.1 Å². The molecule has 1 rings (SSSR count). The summed E-state index contributed by atoms with van der Waals surface area (Å²) >= 11 is 6.05. The molecule has 1 aromatic rings. The molecule has 0 amide bonds. The molecule has 0 fully saturated rings. The molecule has 0 saturated carbocycles. The van der Waals surface area contributed by atoms with Gasteiger partial charge in [-0.3, -0.25) is 4.98 Å². The minimum absolute atomic E-state index is 0.116. The molecule has 1 atom stereocenters.